The van der Waals surface area contributed by atoms with Gasteiger partial charge in [0, 0.05) is 20.1 Å². The average molecular weight is 358 g/mol. The van der Waals surface area contributed by atoms with Crippen molar-refractivity contribution >= 4 is 17.8 Å². The number of carbonyl (C=O) groups is 3. The van der Waals surface area contributed by atoms with Crippen molar-refractivity contribution < 1.29 is 19.5 Å². The molecule has 2 amide bonds. The van der Waals surface area contributed by atoms with Gasteiger partial charge in [0.05, 0.1) is 18.9 Å². The molecule has 0 saturated carbocycles. The van der Waals surface area contributed by atoms with Crippen LogP contribution in [0, 0.1) is 5.92 Å². The highest BCUT2D eigenvalue weighted by atomic mass is 16.4. The minimum absolute atomic E-state index is 0.0432. The molecule has 1 saturated heterocycles. The van der Waals surface area contributed by atoms with Gasteiger partial charge in [-0.2, -0.15) is 0 Å². The summed E-state index contributed by atoms with van der Waals surface area (Å²) >= 11 is 0. The van der Waals surface area contributed by atoms with Gasteiger partial charge in [-0.05, 0) is 48.8 Å². The van der Waals surface area contributed by atoms with Crippen LogP contribution in [0.15, 0.2) is 18.2 Å². The molecule has 1 aromatic rings. The van der Waals surface area contributed by atoms with Crippen LogP contribution < -0.4 is 0 Å². The SMILES string of the molecule is CN(CC(=O)N1CCC(C(=O)O)CC1)C(=O)Cc1ccc2c(c1)CCC2. The predicted molar refractivity (Wildman–Crippen MR) is 96.7 cm³/mol. The quantitative estimate of drug-likeness (QED) is 0.865. The van der Waals surface area contributed by atoms with E-state index in [1.54, 1.807) is 11.9 Å². The summed E-state index contributed by atoms with van der Waals surface area (Å²) in [6.45, 7) is 0.937. The number of amides is 2. The van der Waals surface area contributed by atoms with E-state index < -0.39 is 5.97 Å². The van der Waals surface area contributed by atoms with Crippen LogP contribution in [0.3, 0.4) is 0 Å². The topological polar surface area (TPSA) is 77.9 Å². The van der Waals surface area contributed by atoms with Gasteiger partial charge in [-0.15, -0.1) is 0 Å². The highest BCUT2D eigenvalue weighted by Gasteiger charge is 2.27. The Labute approximate surface area is 153 Å². The van der Waals surface area contributed by atoms with E-state index in [4.69, 9.17) is 5.11 Å². The molecule has 1 aliphatic carbocycles. The van der Waals surface area contributed by atoms with Crippen molar-refractivity contribution in [3.63, 3.8) is 0 Å². The van der Waals surface area contributed by atoms with Gasteiger partial charge in [-0.25, -0.2) is 0 Å². The number of aryl methyl sites for hydroxylation is 2. The molecule has 0 aromatic heterocycles. The van der Waals surface area contributed by atoms with Crippen molar-refractivity contribution in [3.8, 4) is 0 Å². The number of hydrogen-bond donors (Lipinski definition) is 1. The summed E-state index contributed by atoms with van der Waals surface area (Å²) in [5.74, 6) is -1.34. The Morgan fingerprint density at radius 2 is 1.85 bits per heavy atom. The molecule has 1 fully saturated rings. The third-order valence-corrected chi connectivity index (χ3v) is 5.51. The third-order valence-electron chi connectivity index (χ3n) is 5.51. The van der Waals surface area contributed by atoms with Crippen molar-refractivity contribution in [1.82, 2.24) is 9.80 Å². The Balaban J connectivity index is 1.49. The molecule has 1 aliphatic heterocycles. The number of benzene rings is 1. The van der Waals surface area contributed by atoms with Crippen molar-refractivity contribution in [2.75, 3.05) is 26.7 Å². The average Bonchev–Trinajstić information content (AvgIpc) is 3.09. The van der Waals surface area contributed by atoms with Crippen molar-refractivity contribution in [2.24, 2.45) is 5.92 Å². The summed E-state index contributed by atoms with van der Waals surface area (Å²) in [5.41, 5.74) is 3.72. The lowest BCUT2D eigenvalue weighted by Gasteiger charge is -2.31. The van der Waals surface area contributed by atoms with Crippen molar-refractivity contribution in [3.05, 3.63) is 34.9 Å². The van der Waals surface area contributed by atoms with Gasteiger partial charge in [0.2, 0.25) is 11.8 Å². The number of rotatable bonds is 5. The zero-order valence-electron chi connectivity index (χ0n) is 15.2. The van der Waals surface area contributed by atoms with Crippen LogP contribution in [0.1, 0.15) is 36.0 Å². The van der Waals surface area contributed by atoms with Gasteiger partial charge in [0.25, 0.3) is 0 Å². The minimum atomic E-state index is -0.793. The van der Waals surface area contributed by atoms with Crippen LogP contribution in [-0.2, 0) is 33.6 Å². The lowest BCUT2D eigenvalue weighted by molar-refractivity contribution is -0.146. The summed E-state index contributed by atoms with van der Waals surface area (Å²) in [7, 11) is 1.65. The lowest BCUT2D eigenvalue weighted by atomic mass is 9.97. The second-order valence-electron chi connectivity index (χ2n) is 7.38. The summed E-state index contributed by atoms with van der Waals surface area (Å²) in [6.07, 6.45) is 4.65. The molecule has 0 spiro atoms. The smallest absolute Gasteiger partial charge is 0.306 e. The van der Waals surface area contributed by atoms with Crippen LogP contribution >= 0.6 is 0 Å². The largest absolute Gasteiger partial charge is 0.481 e. The Bertz CT molecular complexity index is 708. The van der Waals surface area contributed by atoms with Crippen LogP contribution in [0.5, 0.6) is 0 Å². The standard InChI is InChI=1S/C20H26N2O4/c1-21(13-19(24)22-9-7-16(8-10-22)20(25)26)18(23)12-14-5-6-15-3-2-4-17(15)11-14/h5-6,11,16H,2-4,7-10,12-13H2,1H3,(H,25,26). The maximum Gasteiger partial charge on any atom is 0.306 e. The highest BCUT2D eigenvalue weighted by molar-refractivity contribution is 5.86. The number of nitrogens with zero attached hydrogens (tertiary/aromatic N) is 2. The number of carbonyl (C=O) groups excluding carboxylic acids is 2. The number of piperidine rings is 1. The number of hydrogen-bond acceptors (Lipinski definition) is 3. The van der Waals surface area contributed by atoms with Gasteiger partial charge < -0.3 is 14.9 Å². The first-order valence-corrected chi connectivity index (χ1v) is 9.29. The molecular formula is C20H26N2O4. The van der Waals surface area contributed by atoms with Crippen LogP contribution in [0.25, 0.3) is 0 Å². The molecule has 3 rings (SSSR count). The number of fused-ring (bicyclic) bond motifs is 1. The Kier molecular flexibility index (Phi) is 5.59. The fourth-order valence-electron chi connectivity index (χ4n) is 3.81. The second-order valence-corrected chi connectivity index (χ2v) is 7.38. The van der Waals surface area contributed by atoms with Gasteiger partial charge in [-0.3, -0.25) is 14.4 Å². The first kappa shape index (κ1) is 18.4. The van der Waals surface area contributed by atoms with E-state index in [0.717, 1.165) is 18.4 Å². The van der Waals surface area contributed by atoms with E-state index in [0.29, 0.717) is 32.4 Å². The molecule has 0 unspecified atom stereocenters. The summed E-state index contributed by atoms with van der Waals surface area (Å²) in [5, 5.41) is 9.02. The van der Waals surface area contributed by atoms with Gasteiger partial charge in [0.1, 0.15) is 0 Å². The fourth-order valence-corrected chi connectivity index (χ4v) is 3.81. The van der Waals surface area contributed by atoms with Gasteiger partial charge >= 0.3 is 5.97 Å². The van der Waals surface area contributed by atoms with Crippen molar-refractivity contribution in [1.29, 1.82) is 0 Å². The van der Waals surface area contributed by atoms with Crippen molar-refractivity contribution in [2.45, 2.75) is 38.5 Å². The van der Waals surface area contributed by atoms with E-state index in [9.17, 15) is 14.4 Å². The van der Waals surface area contributed by atoms with Crippen LogP contribution in [0.2, 0.25) is 0 Å². The zero-order chi connectivity index (χ0) is 18.7. The van der Waals surface area contributed by atoms with E-state index in [1.807, 2.05) is 6.07 Å². The third kappa shape index (κ3) is 4.23. The number of likely N-dealkylation sites (tertiary alicyclic amines) is 1. The van der Waals surface area contributed by atoms with E-state index in [-0.39, 0.29) is 24.3 Å². The van der Waals surface area contributed by atoms with E-state index in [2.05, 4.69) is 12.1 Å². The van der Waals surface area contributed by atoms with Gasteiger partial charge in [0.15, 0.2) is 0 Å². The minimum Gasteiger partial charge on any atom is -0.481 e. The molecule has 140 valence electrons. The summed E-state index contributed by atoms with van der Waals surface area (Å²) < 4.78 is 0. The number of carboxylic acid groups (broad SMARTS) is 1. The number of likely N-dealkylation sites (N-methyl/N-ethyl adjacent to an activating group) is 1. The van der Waals surface area contributed by atoms with Crippen LogP contribution in [-0.4, -0.2) is 59.4 Å². The molecule has 1 N–H and O–H groups in total. The maximum absolute atomic E-state index is 12.4. The summed E-state index contributed by atoms with van der Waals surface area (Å²) in [6, 6.07) is 6.24. The predicted octanol–water partition coefficient (Wildman–Crippen LogP) is 1.50. The second kappa shape index (κ2) is 7.89. The van der Waals surface area contributed by atoms with Gasteiger partial charge in [-0.1, -0.05) is 18.2 Å². The number of carboxylic acids is 1. The molecule has 1 aromatic carbocycles. The molecule has 26 heavy (non-hydrogen) atoms. The normalized spacial score (nSPS) is 17.0. The van der Waals surface area contributed by atoms with Crippen LogP contribution in [0.4, 0.5) is 0 Å². The molecule has 0 atom stereocenters. The molecular weight excluding hydrogens is 332 g/mol. The zero-order valence-corrected chi connectivity index (χ0v) is 15.2. The first-order chi connectivity index (χ1) is 12.4. The first-order valence-electron chi connectivity index (χ1n) is 9.29. The highest BCUT2D eigenvalue weighted by Crippen LogP contribution is 2.23. The summed E-state index contributed by atoms with van der Waals surface area (Å²) in [4.78, 5) is 39.0. The fraction of sp³-hybridized carbons (Fsp3) is 0.550. The Hall–Kier alpha value is -2.37. The molecule has 1 heterocycles. The molecule has 2 aliphatic rings. The van der Waals surface area contributed by atoms with E-state index in [1.165, 1.54) is 22.4 Å². The Morgan fingerprint density at radius 1 is 1.15 bits per heavy atom. The lowest BCUT2D eigenvalue weighted by Crippen LogP contribution is -2.45. The monoisotopic (exact) mass is 358 g/mol. The molecule has 0 radical (unpaired) electrons. The maximum atomic E-state index is 12.4. The Morgan fingerprint density at radius 3 is 2.54 bits per heavy atom. The molecule has 6 nitrogen and oxygen atoms in total. The molecule has 0 bridgehead atoms. The van der Waals surface area contributed by atoms with E-state index >= 15 is 0 Å². The molecule has 6 heteroatoms. The number of aliphatic carboxylic acids is 1.